The SMILES string of the molecule is CCOC(=O)CCCNC(=O)c1ccsc1-n1c(C)ccc1C. The first-order valence-electron chi connectivity index (χ1n) is 7.71. The maximum Gasteiger partial charge on any atom is 0.305 e. The van der Waals surface area contributed by atoms with Crippen LogP contribution >= 0.6 is 11.3 Å². The number of carbonyl (C=O) groups is 2. The molecule has 6 heteroatoms. The molecule has 5 nitrogen and oxygen atoms in total. The van der Waals surface area contributed by atoms with E-state index in [0.29, 0.717) is 31.6 Å². The molecule has 2 aromatic heterocycles. The van der Waals surface area contributed by atoms with Crippen LogP contribution in [0.3, 0.4) is 0 Å². The summed E-state index contributed by atoms with van der Waals surface area (Å²) in [5, 5.41) is 5.71. The quantitative estimate of drug-likeness (QED) is 0.625. The van der Waals surface area contributed by atoms with Crippen molar-refractivity contribution in [2.75, 3.05) is 13.2 Å². The van der Waals surface area contributed by atoms with Gasteiger partial charge in [0.25, 0.3) is 5.91 Å². The van der Waals surface area contributed by atoms with Crippen molar-refractivity contribution < 1.29 is 14.3 Å². The summed E-state index contributed by atoms with van der Waals surface area (Å²) in [7, 11) is 0. The van der Waals surface area contributed by atoms with Crippen molar-refractivity contribution in [1.82, 2.24) is 9.88 Å². The minimum atomic E-state index is -0.225. The highest BCUT2D eigenvalue weighted by Gasteiger charge is 2.16. The molecule has 124 valence electrons. The lowest BCUT2D eigenvalue weighted by Crippen LogP contribution is -2.25. The van der Waals surface area contributed by atoms with Crippen molar-refractivity contribution in [2.24, 2.45) is 0 Å². The molecule has 23 heavy (non-hydrogen) atoms. The number of rotatable bonds is 7. The Morgan fingerprint density at radius 3 is 2.57 bits per heavy atom. The van der Waals surface area contributed by atoms with E-state index >= 15 is 0 Å². The van der Waals surface area contributed by atoms with Crippen molar-refractivity contribution in [3.63, 3.8) is 0 Å². The van der Waals surface area contributed by atoms with Crippen molar-refractivity contribution in [3.8, 4) is 5.00 Å². The van der Waals surface area contributed by atoms with Crippen molar-refractivity contribution in [2.45, 2.75) is 33.6 Å². The van der Waals surface area contributed by atoms with Gasteiger partial charge in [0.15, 0.2) is 0 Å². The third-order valence-corrected chi connectivity index (χ3v) is 4.41. The Bertz CT molecular complexity index is 668. The van der Waals surface area contributed by atoms with Crippen LogP contribution in [-0.4, -0.2) is 29.6 Å². The highest BCUT2D eigenvalue weighted by molar-refractivity contribution is 7.13. The zero-order valence-corrected chi connectivity index (χ0v) is 14.5. The molecule has 0 atom stereocenters. The summed E-state index contributed by atoms with van der Waals surface area (Å²) in [6, 6.07) is 5.91. The molecule has 2 aromatic rings. The van der Waals surface area contributed by atoms with Gasteiger partial charge in [-0.05, 0) is 50.8 Å². The summed E-state index contributed by atoms with van der Waals surface area (Å²) in [5.41, 5.74) is 2.86. The van der Waals surface area contributed by atoms with Gasteiger partial charge in [0.1, 0.15) is 5.00 Å². The summed E-state index contributed by atoms with van der Waals surface area (Å²) in [5.74, 6) is -0.339. The number of aryl methyl sites for hydroxylation is 2. The third-order valence-electron chi connectivity index (χ3n) is 3.51. The van der Waals surface area contributed by atoms with Crippen LogP contribution in [0.4, 0.5) is 0 Å². The van der Waals surface area contributed by atoms with Gasteiger partial charge in [-0.1, -0.05) is 0 Å². The fourth-order valence-corrected chi connectivity index (χ4v) is 3.41. The van der Waals surface area contributed by atoms with Crippen LogP contribution in [-0.2, 0) is 9.53 Å². The lowest BCUT2D eigenvalue weighted by atomic mass is 10.2. The van der Waals surface area contributed by atoms with Gasteiger partial charge >= 0.3 is 5.97 Å². The Hall–Kier alpha value is -2.08. The number of hydrogen-bond acceptors (Lipinski definition) is 4. The lowest BCUT2D eigenvalue weighted by molar-refractivity contribution is -0.143. The number of thiophene rings is 1. The molecule has 0 saturated carbocycles. The molecular weight excluding hydrogens is 312 g/mol. The standard InChI is InChI=1S/C17H22N2O3S/c1-4-22-15(20)6-5-10-18-16(21)14-9-11-23-17(14)19-12(2)7-8-13(19)3/h7-9,11H,4-6,10H2,1-3H3,(H,18,21). The number of esters is 1. The minimum absolute atomic E-state index is 0.113. The molecule has 0 unspecified atom stereocenters. The molecule has 0 aliphatic heterocycles. The number of aromatic nitrogens is 1. The third kappa shape index (κ3) is 4.22. The molecule has 0 aliphatic carbocycles. The van der Waals surface area contributed by atoms with Crippen LogP contribution in [0.2, 0.25) is 0 Å². The largest absolute Gasteiger partial charge is 0.466 e. The second kappa shape index (κ2) is 7.97. The van der Waals surface area contributed by atoms with E-state index < -0.39 is 0 Å². The molecule has 0 aliphatic rings. The number of nitrogens with zero attached hydrogens (tertiary/aromatic N) is 1. The Labute approximate surface area is 140 Å². The molecular formula is C17H22N2O3S. The smallest absolute Gasteiger partial charge is 0.305 e. The summed E-state index contributed by atoms with van der Waals surface area (Å²) in [6.07, 6.45) is 0.895. The second-order valence-corrected chi connectivity index (χ2v) is 6.15. The highest BCUT2D eigenvalue weighted by Crippen LogP contribution is 2.25. The molecule has 0 spiro atoms. The zero-order valence-electron chi connectivity index (χ0n) is 13.7. The number of nitrogens with one attached hydrogen (secondary N) is 1. The number of ether oxygens (including phenoxy) is 1. The van der Waals surface area contributed by atoms with E-state index in [-0.39, 0.29) is 11.9 Å². The van der Waals surface area contributed by atoms with Gasteiger partial charge in [-0.15, -0.1) is 11.3 Å². The number of hydrogen-bond donors (Lipinski definition) is 1. The van der Waals surface area contributed by atoms with E-state index in [9.17, 15) is 9.59 Å². The van der Waals surface area contributed by atoms with Crippen molar-refractivity contribution >= 4 is 23.2 Å². The normalized spacial score (nSPS) is 10.6. The Morgan fingerprint density at radius 2 is 1.91 bits per heavy atom. The number of carbonyl (C=O) groups excluding carboxylic acids is 2. The fourth-order valence-electron chi connectivity index (χ4n) is 2.40. The average molecular weight is 334 g/mol. The van der Waals surface area contributed by atoms with Gasteiger partial charge in [-0.25, -0.2) is 0 Å². The van der Waals surface area contributed by atoms with Gasteiger partial charge < -0.3 is 14.6 Å². The first-order valence-corrected chi connectivity index (χ1v) is 8.59. The first-order chi connectivity index (χ1) is 11.0. The van der Waals surface area contributed by atoms with Gasteiger partial charge in [-0.2, -0.15) is 0 Å². The maximum absolute atomic E-state index is 12.4. The van der Waals surface area contributed by atoms with E-state index in [4.69, 9.17) is 4.74 Å². The van der Waals surface area contributed by atoms with Crippen LogP contribution in [0.1, 0.15) is 41.5 Å². The fraction of sp³-hybridized carbons (Fsp3) is 0.412. The van der Waals surface area contributed by atoms with Gasteiger partial charge in [0.05, 0.1) is 12.2 Å². The minimum Gasteiger partial charge on any atom is -0.466 e. The Kier molecular flexibility index (Phi) is 5.98. The highest BCUT2D eigenvalue weighted by atomic mass is 32.1. The topological polar surface area (TPSA) is 60.3 Å². The van der Waals surface area contributed by atoms with Crippen LogP contribution in [0.5, 0.6) is 0 Å². The van der Waals surface area contributed by atoms with Crippen LogP contribution in [0.15, 0.2) is 23.6 Å². The molecule has 0 radical (unpaired) electrons. The maximum atomic E-state index is 12.4. The van der Waals surface area contributed by atoms with E-state index in [0.717, 1.165) is 16.4 Å². The van der Waals surface area contributed by atoms with Crippen LogP contribution in [0.25, 0.3) is 5.00 Å². The summed E-state index contributed by atoms with van der Waals surface area (Å²) >= 11 is 1.54. The van der Waals surface area contributed by atoms with E-state index in [2.05, 4.69) is 9.88 Å². The predicted molar refractivity (Wildman–Crippen MR) is 91.3 cm³/mol. The molecule has 1 amide bonds. The molecule has 1 N–H and O–H groups in total. The Morgan fingerprint density at radius 1 is 1.22 bits per heavy atom. The van der Waals surface area contributed by atoms with Gasteiger partial charge in [-0.3, -0.25) is 9.59 Å². The Balaban J connectivity index is 1.97. The van der Waals surface area contributed by atoms with Crippen LogP contribution < -0.4 is 5.32 Å². The van der Waals surface area contributed by atoms with E-state index in [1.165, 1.54) is 0 Å². The first kappa shape index (κ1) is 17.3. The van der Waals surface area contributed by atoms with Crippen LogP contribution in [0, 0.1) is 13.8 Å². The van der Waals surface area contributed by atoms with Gasteiger partial charge in [0.2, 0.25) is 0 Å². The van der Waals surface area contributed by atoms with E-state index in [1.807, 2.05) is 37.4 Å². The average Bonchev–Trinajstić information content (AvgIpc) is 3.10. The predicted octanol–water partition coefficient (Wildman–Crippen LogP) is 3.23. The number of amides is 1. The van der Waals surface area contributed by atoms with Crippen molar-refractivity contribution in [1.29, 1.82) is 0 Å². The molecule has 2 heterocycles. The molecule has 0 saturated heterocycles. The molecule has 0 fully saturated rings. The zero-order chi connectivity index (χ0) is 16.8. The molecule has 2 rings (SSSR count). The summed E-state index contributed by atoms with van der Waals surface area (Å²) < 4.78 is 6.94. The summed E-state index contributed by atoms with van der Waals surface area (Å²) in [6.45, 7) is 6.67. The molecule has 0 aromatic carbocycles. The second-order valence-electron chi connectivity index (χ2n) is 5.26. The van der Waals surface area contributed by atoms with E-state index in [1.54, 1.807) is 18.3 Å². The molecule has 0 bridgehead atoms. The van der Waals surface area contributed by atoms with Crippen molar-refractivity contribution in [3.05, 3.63) is 40.5 Å². The van der Waals surface area contributed by atoms with Gasteiger partial charge in [0, 0.05) is 24.4 Å². The monoisotopic (exact) mass is 334 g/mol. The summed E-state index contributed by atoms with van der Waals surface area (Å²) in [4.78, 5) is 23.6. The lowest BCUT2D eigenvalue weighted by Gasteiger charge is -2.10.